The Morgan fingerprint density at radius 1 is 1.29 bits per heavy atom. The molecule has 0 radical (unpaired) electrons. The Balaban J connectivity index is 2.19. The van der Waals surface area contributed by atoms with Crippen molar-refractivity contribution in [1.29, 1.82) is 0 Å². The van der Waals surface area contributed by atoms with E-state index in [1.54, 1.807) is 0 Å². The first-order valence-electron chi connectivity index (χ1n) is 6.50. The molecule has 0 saturated carbocycles. The van der Waals surface area contributed by atoms with Gasteiger partial charge < -0.3 is 9.84 Å². The molecule has 0 atom stereocenters. The fourth-order valence-electron chi connectivity index (χ4n) is 2.46. The molecule has 2 nitrogen and oxygen atoms in total. The second-order valence-electron chi connectivity index (χ2n) is 5.44. The third-order valence-electron chi connectivity index (χ3n) is 3.43. The van der Waals surface area contributed by atoms with Crippen LogP contribution in [0.2, 0.25) is 0 Å². The lowest BCUT2D eigenvalue weighted by atomic mass is 9.85. The average molecular weight is 234 g/mol. The molecule has 1 N–H and O–H groups in total. The van der Waals surface area contributed by atoms with E-state index in [4.69, 9.17) is 4.74 Å². The monoisotopic (exact) mass is 234 g/mol. The Kier molecular flexibility index (Phi) is 3.85. The molecule has 0 bridgehead atoms. The molecule has 2 heteroatoms. The third-order valence-corrected chi connectivity index (χ3v) is 3.43. The number of hydrogen-bond donors (Lipinski definition) is 1. The van der Waals surface area contributed by atoms with Gasteiger partial charge in [-0.15, -0.1) is 0 Å². The molecule has 1 aliphatic heterocycles. The Morgan fingerprint density at radius 3 is 2.65 bits per heavy atom. The van der Waals surface area contributed by atoms with Gasteiger partial charge in [-0.3, -0.25) is 0 Å². The summed E-state index contributed by atoms with van der Waals surface area (Å²) < 4.78 is 5.32. The van der Waals surface area contributed by atoms with Gasteiger partial charge in [0.15, 0.2) is 0 Å². The second kappa shape index (κ2) is 5.19. The first-order chi connectivity index (χ1) is 8.10. The van der Waals surface area contributed by atoms with Gasteiger partial charge in [0.2, 0.25) is 0 Å². The van der Waals surface area contributed by atoms with Crippen LogP contribution in [0.1, 0.15) is 37.8 Å². The standard InChI is InChI=1S/C15H22O2/c1-12(2)10-13-4-3-5-14(11-13)15(16)6-8-17-9-7-15/h3-5,11-12,16H,6-10H2,1-2H3. The average Bonchev–Trinajstić information content (AvgIpc) is 2.29. The van der Waals surface area contributed by atoms with Crippen molar-refractivity contribution in [2.75, 3.05) is 13.2 Å². The predicted octanol–water partition coefficient (Wildman–Crippen LogP) is 2.88. The van der Waals surface area contributed by atoms with E-state index in [0.717, 1.165) is 12.0 Å². The minimum Gasteiger partial charge on any atom is -0.385 e. The molecule has 1 saturated heterocycles. The van der Waals surface area contributed by atoms with Crippen molar-refractivity contribution in [2.45, 2.75) is 38.7 Å². The van der Waals surface area contributed by atoms with Crippen LogP contribution in [0.4, 0.5) is 0 Å². The van der Waals surface area contributed by atoms with Crippen LogP contribution >= 0.6 is 0 Å². The molecule has 0 aliphatic carbocycles. The fraction of sp³-hybridized carbons (Fsp3) is 0.600. The van der Waals surface area contributed by atoms with Crippen LogP contribution in [-0.4, -0.2) is 18.3 Å². The van der Waals surface area contributed by atoms with Crippen molar-refractivity contribution >= 4 is 0 Å². The topological polar surface area (TPSA) is 29.5 Å². The summed E-state index contributed by atoms with van der Waals surface area (Å²) in [4.78, 5) is 0. The third kappa shape index (κ3) is 3.08. The summed E-state index contributed by atoms with van der Waals surface area (Å²) in [6.45, 7) is 5.75. The van der Waals surface area contributed by atoms with Gasteiger partial charge in [0.25, 0.3) is 0 Å². The predicted molar refractivity (Wildman–Crippen MR) is 68.9 cm³/mol. The minimum absolute atomic E-state index is 0.648. The Hall–Kier alpha value is -0.860. The maximum absolute atomic E-state index is 10.6. The van der Waals surface area contributed by atoms with Gasteiger partial charge in [-0.2, -0.15) is 0 Å². The van der Waals surface area contributed by atoms with Gasteiger partial charge >= 0.3 is 0 Å². The van der Waals surface area contributed by atoms with E-state index in [-0.39, 0.29) is 0 Å². The summed E-state index contributed by atoms with van der Waals surface area (Å²) in [5, 5.41) is 10.6. The molecule has 17 heavy (non-hydrogen) atoms. The van der Waals surface area contributed by atoms with Crippen LogP contribution in [0.3, 0.4) is 0 Å². The van der Waals surface area contributed by atoms with Crippen molar-refractivity contribution in [1.82, 2.24) is 0 Å². The maximum Gasteiger partial charge on any atom is 0.0940 e. The summed E-state index contributed by atoms with van der Waals surface area (Å²) in [7, 11) is 0. The zero-order valence-electron chi connectivity index (χ0n) is 10.8. The van der Waals surface area contributed by atoms with Crippen LogP contribution in [0, 0.1) is 5.92 Å². The zero-order chi connectivity index (χ0) is 12.3. The van der Waals surface area contributed by atoms with E-state index in [2.05, 4.69) is 32.0 Å². The Morgan fingerprint density at radius 2 is 2.00 bits per heavy atom. The van der Waals surface area contributed by atoms with Crippen molar-refractivity contribution in [3.05, 3.63) is 35.4 Å². The van der Waals surface area contributed by atoms with Gasteiger partial charge in [0.05, 0.1) is 5.60 Å². The van der Waals surface area contributed by atoms with E-state index in [1.165, 1.54) is 5.56 Å². The number of hydrogen-bond acceptors (Lipinski definition) is 2. The van der Waals surface area contributed by atoms with Gasteiger partial charge in [0.1, 0.15) is 0 Å². The summed E-state index contributed by atoms with van der Waals surface area (Å²) in [5.74, 6) is 0.648. The van der Waals surface area contributed by atoms with Crippen LogP contribution in [0.15, 0.2) is 24.3 Å². The zero-order valence-corrected chi connectivity index (χ0v) is 10.8. The van der Waals surface area contributed by atoms with Crippen LogP contribution < -0.4 is 0 Å². The van der Waals surface area contributed by atoms with Gasteiger partial charge in [-0.05, 0) is 23.5 Å². The molecule has 94 valence electrons. The van der Waals surface area contributed by atoms with Gasteiger partial charge in [-0.1, -0.05) is 38.1 Å². The highest BCUT2D eigenvalue weighted by atomic mass is 16.5. The van der Waals surface area contributed by atoms with Gasteiger partial charge in [-0.25, -0.2) is 0 Å². The summed E-state index contributed by atoms with van der Waals surface area (Å²) in [6.07, 6.45) is 2.48. The summed E-state index contributed by atoms with van der Waals surface area (Å²) in [6, 6.07) is 8.40. The van der Waals surface area contributed by atoms with Crippen molar-refractivity contribution in [2.24, 2.45) is 5.92 Å². The number of aliphatic hydroxyl groups is 1. The largest absolute Gasteiger partial charge is 0.385 e. The molecule has 0 unspecified atom stereocenters. The van der Waals surface area contributed by atoms with E-state index in [0.29, 0.717) is 32.0 Å². The molecule has 1 aromatic carbocycles. The number of rotatable bonds is 3. The Labute approximate surface area is 104 Å². The lowest BCUT2D eigenvalue weighted by Gasteiger charge is -2.32. The number of ether oxygens (including phenoxy) is 1. The highest BCUT2D eigenvalue weighted by Gasteiger charge is 2.31. The summed E-state index contributed by atoms with van der Waals surface area (Å²) >= 11 is 0. The van der Waals surface area contributed by atoms with Crippen LogP contribution in [0.25, 0.3) is 0 Å². The molecule has 1 aromatic rings. The van der Waals surface area contributed by atoms with E-state index in [1.807, 2.05) is 6.07 Å². The minimum atomic E-state index is -0.675. The van der Waals surface area contributed by atoms with Gasteiger partial charge in [0, 0.05) is 26.1 Å². The molecule has 2 rings (SSSR count). The van der Waals surface area contributed by atoms with E-state index < -0.39 is 5.60 Å². The SMILES string of the molecule is CC(C)Cc1cccc(C2(O)CCOCC2)c1. The van der Waals surface area contributed by atoms with E-state index >= 15 is 0 Å². The molecule has 0 aromatic heterocycles. The molecule has 0 amide bonds. The lowest BCUT2D eigenvalue weighted by molar-refractivity contribution is -0.0679. The van der Waals surface area contributed by atoms with Crippen molar-refractivity contribution < 1.29 is 9.84 Å². The van der Waals surface area contributed by atoms with Crippen LogP contribution in [-0.2, 0) is 16.8 Å². The Bertz CT molecular complexity index is 365. The quantitative estimate of drug-likeness (QED) is 0.871. The van der Waals surface area contributed by atoms with Crippen molar-refractivity contribution in [3.63, 3.8) is 0 Å². The maximum atomic E-state index is 10.6. The molecular formula is C15H22O2. The molecular weight excluding hydrogens is 212 g/mol. The smallest absolute Gasteiger partial charge is 0.0940 e. The summed E-state index contributed by atoms with van der Waals surface area (Å²) in [5.41, 5.74) is 1.70. The first kappa shape index (κ1) is 12.6. The highest BCUT2D eigenvalue weighted by molar-refractivity contribution is 5.29. The fourth-order valence-corrected chi connectivity index (χ4v) is 2.46. The van der Waals surface area contributed by atoms with Crippen molar-refractivity contribution in [3.8, 4) is 0 Å². The highest BCUT2D eigenvalue weighted by Crippen LogP contribution is 2.32. The molecule has 1 heterocycles. The molecule has 0 spiro atoms. The first-order valence-corrected chi connectivity index (χ1v) is 6.50. The lowest BCUT2D eigenvalue weighted by Crippen LogP contribution is -2.33. The number of benzene rings is 1. The normalized spacial score (nSPS) is 19.5. The second-order valence-corrected chi connectivity index (χ2v) is 5.44. The molecule has 1 fully saturated rings. The van der Waals surface area contributed by atoms with Crippen LogP contribution in [0.5, 0.6) is 0 Å². The molecule has 1 aliphatic rings. The van der Waals surface area contributed by atoms with E-state index in [9.17, 15) is 5.11 Å².